The van der Waals surface area contributed by atoms with Crippen LogP contribution in [0.3, 0.4) is 0 Å². The predicted octanol–water partition coefficient (Wildman–Crippen LogP) is 4.61. The zero-order chi connectivity index (χ0) is 20.5. The molecule has 152 valence electrons. The lowest BCUT2D eigenvalue weighted by molar-refractivity contribution is -0.135. The molecule has 1 aromatic heterocycles. The van der Waals surface area contributed by atoms with Crippen molar-refractivity contribution in [2.75, 3.05) is 31.6 Å². The van der Waals surface area contributed by atoms with E-state index in [0.29, 0.717) is 42.0 Å². The van der Waals surface area contributed by atoms with Crippen LogP contribution in [0.2, 0.25) is 10.2 Å². The number of carbonyl (C=O) groups excluding carboxylic acids is 1. The van der Waals surface area contributed by atoms with Crippen LogP contribution < -0.4 is 9.64 Å². The van der Waals surface area contributed by atoms with Gasteiger partial charge in [0.25, 0.3) is 0 Å². The second kappa shape index (κ2) is 8.13. The van der Waals surface area contributed by atoms with Crippen LogP contribution in [0.25, 0.3) is 10.9 Å². The highest BCUT2D eigenvalue weighted by Crippen LogP contribution is 2.33. The standard InChI is InChI=1S/C21H22Cl2N4O2/c1-3-20(28)26-11-10-25(14-8-9-16(22)18(12-14)29-2)13-19(26)27-17-7-5-4-6-15(17)21(23)24-27/h4-9,12,19H,3,10-11,13H2,1-2H3. The van der Waals surface area contributed by atoms with E-state index in [4.69, 9.17) is 27.9 Å². The zero-order valence-electron chi connectivity index (χ0n) is 16.3. The topological polar surface area (TPSA) is 50.6 Å². The summed E-state index contributed by atoms with van der Waals surface area (Å²) >= 11 is 12.6. The number of piperazine rings is 1. The van der Waals surface area contributed by atoms with Crippen molar-refractivity contribution in [2.45, 2.75) is 19.5 Å². The van der Waals surface area contributed by atoms with Crippen molar-refractivity contribution >= 4 is 45.7 Å². The van der Waals surface area contributed by atoms with Crippen molar-refractivity contribution in [3.8, 4) is 5.75 Å². The predicted molar refractivity (Wildman–Crippen MR) is 116 cm³/mol. The quantitative estimate of drug-likeness (QED) is 0.603. The molecule has 1 saturated heterocycles. The number of hydrogen-bond acceptors (Lipinski definition) is 4. The number of nitrogens with zero attached hydrogens (tertiary/aromatic N) is 4. The first-order valence-corrected chi connectivity index (χ1v) is 10.3. The smallest absolute Gasteiger partial charge is 0.224 e. The lowest BCUT2D eigenvalue weighted by atomic mass is 10.2. The van der Waals surface area contributed by atoms with Crippen molar-refractivity contribution in [1.29, 1.82) is 0 Å². The SMILES string of the molecule is CCC(=O)N1CCN(c2ccc(Cl)c(OC)c2)CC1n1nc(Cl)c2ccccc21. The summed E-state index contributed by atoms with van der Waals surface area (Å²) in [5.74, 6) is 0.722. The van der Waals surface area contributed by atoms with E-state index in [1.54, 1.807) is 7.11 Å². The molecule has 1 aliphatic heterocycles. The summed E-state index contributed by atoms with van der Waals surface area (Å²) in [6.07, 6.45) is 0.174. The molecule has 0 spiro atoms. The molecule has 0 N–H and O–H groups in total. The number of carbonyl (C=O) groups is 1. The highest BCUT2D eigenvalue weighted by atomic mass is 35.5. The van der Waals surface area contributed by atoms with Gasteiger partial charge >= 0.3 is 0 Å². The third kappa shape index (κ3) is 3.63. The van der Waals surface area contributed by atoms with Gasteiger partial charge in [0, 0.05) is 36.7 Å². The number of fused-ring (bicyclic) bond motifs is 1. The number of aromatic nitrogens is 2. The summed E-state index contributed by atoms with van der Waals surface area (Å²) in [5, 5.41) is 6.46. The minimum atomic E-state index is -0.268. The van der Waals surface area contributed by atoms with Gasteiger partial charge < -0.3 is 14.5 Å². The molecule has 0 saturated carbocycles. The molecule has 3 aromatic rings. The average Bonchev–Trinajstić information content (AvgIpc) is 3.10. The number of anilines is 1. The van der Waals surface area contributed by atoms with E-state index in [9.17, 15) is 4.79 Å². The highest BCUT2D eigenvalue weighted by molar-refractivity contribution is 6.34. The molecule has 8 heteroatoms. The summed E-state index contributed by atoms with van der Waals surface area (Å²) in [5.41, 5.74) is 1.90. The van der Waals surface area contributed by atoms with Crippen molar-refractivity contribution in [1.82, 2.24) is 14.7 Å². The number of rotatable bonds is 4. The Kier molecular flexibility index (Phi) is 5.56. The number of methoxy groups -OCH3 is 1. The Bertz CT molecular complexity index is 1050. The van der Waals surface area contributed by atoms with Crippen molar-refractivity contribution in [3.05, 3.63) is 52.6 Å². The number of halogens is 2. The first kappa shape index (κ1) is 19.9. The van der Waals surface area contributed by atoms with E-state index < -0.39 is 0 Å². The van der Waals surface area contributed by atoms with E-state index >= 15 is 0 Å². The van der Waals surface area contributed by atoms with Gasteiger partial charge in [0.15, 0.2) is 5.15 Å². The van der Waals surface area contributed by atoms with Gasteiger partial charge in [0.1, 0.15) is 11.9 Å². The van der Waals surface area contributed by atoms with Gasteiger partial charge in [-0.15, -0.1) is 0 Å². The average molecular weight is 433 g/mol. The molecule has 2 aromatic carbocycles. The number of ether oxygens (including phenoxy) is 1. The molecule has 1 amide bonds. The van der Waals surface area contributed by atoms with Gasteiger partial charge in [-0.2, -0.15) is 5.10 Å². The first-order valence-electron chi connectivity index (χ1n) is 9.54. The second-order valence-electron chi connectivity index (χ2n) is 6.94. The van der Waals surface area contributed by atoms with Crippen LogP contribution in [-0.4, -0.2) is 47.3 Å². The van der Waals surface area contributed by atoms with Gasteiger partial charge in [-0.05, 0) is 24.3 Å². The summed E-state index contributed by atoms with van der Waals surface area (Å²) in [4.78, 5) is 16.8. The van der Waals surface area contributed by atoms with Crippen LogP contribution in [-0.2, 0) is 4.79 Å². The molecule has 1 unspecified atom stereocenters. The molecular formula is C21H22Cl2N4O2. The Morgan fingerprint density at radius 1 is 1.21 bits per heavy atom. The third-order valence-corrected chi connectivity index (χ3v) is 5.92. The molecule has 2 heterocycles. The minimum absolute atomic E-state index is 0.0963. The Labute approximate surface area is 179 Å². The largest absolute Gasteiger partial charge is 0.495 e. The number of amides is 1. The number of para-hydroxylation sites is 1. The lowest BCUT2D eigenvalue weighted by Gasteiger charge is -2.42. The van der Waals surface area contributed by atoms with Gasteiger partial charge in [-0.1, -0.05) is 42.3 Å². The van der Waals surface area contributed by atoms with Crippen LogP contribution in [0.4, 0.5) is 5.69 Å². The van der Waals surface area contributed by atoms with Crippen LogP contribution in [0, 0.1) is 0 Å². The first-order chi connectivity index (χ1) is 14.0. The molecule has 0 radical (unpaired) electrons. The maximum Gasteiger partial charge on any atom is 0.224 e. The van der Waals surface area contributed by atoms with Crippen LogP contribution in [0.1, 0.15) is 19.5 Å². The minimum Gasteiger partial charge on any atom is -0.495 e. The van der Waals surface area contributed by atoms with Gasteiger partial charge in [0.2, 0.25) is 5.91 Å². The zero-order valence-corrected chi connectivity index (χ0v) is 17.8. The van der Waals surface area contributed by atoms with E-state index in [0.717, 1.165) is 16.6 Å². The van der Waals surface area contributed by atoms with Gasteiger partial charge in [-0.3, -0.25) is 4.79 Å². The molecule has 0 bridgehead atoms. The summed E-state index contributed by atoms with van der Waals surface area (Å²) < 4.78 is 7.23. The molecule has 0 aliphatic carbocycles. The number of hydrogen-bond donors (Lipinski definition) is 0. The van der Waals surface area contributed by atoms with Crippen LogP contribution >= 0.6 is 23.2 Å². The normalized spacial score (nSPS) is 17.0. The molecule has 1 fully saturated rings. The highest BCUT2D eigenvalue weighted by Gasteiger charge is 2.33. The molecular weight excluding hydrogens is 411 g/mol. The summed E-state index contributed by atoms with van der Waals surface area (Å²) in [6.45, 7) is 3.76. The molecule has 4 rings (SSSR count). The fourth-order valence-electron chi connectivity index (χ4n) is 3.82. The lowest BCUT2D eigenvalue weighted by Crippen LogP contribution is -2.52. The van der Waals surface area contributed by atoms with E-state index in [1.807, 2.05) is 59.0 Å². The van der Waals surface area contributed by atoms with Crippen LogP contribution in [0.15, 0.2) is 42.5 Å². The Balaban J connectivity index is 1.74. The van der Waals surface area contributed by atoms with Crippen LogP contribution in [0.5, 0.6) is 5.75 Å². The third-order valence-electron chi connectivity index (χ3n) is 5.33. The van der Waals surface area contributed by atoms with Crippen molar-refractivity contribution in [3.63, 3.8) is 0 Å². The van der Waals surface area contributed by atoms with Crippen molar-refractivity contribution in [2.24, 2.45) is 0 Å². The fourth-order valence-corrected chi connectivity index (χ4v) is 4.26. The molecule has 6 nitrogen and oxygen atoms in total. The molecule has 1 aliphatic rings. The number of benzene rings is 2. The fraction of sp³-hybridized carbons (Fsp3) is 0.333. The Hall–Kier alpha value is -2.44. The van der Waals surface area contributed by atoms with E-state index in [2.05, 4.69) is 10.00 Å². The summed E-state index contributed by atoms with van der Waals surface area (Å²) in [6, 6.07) is 13.5. The maximum absolute atomic E-state index is 12.7. The van der Waals surface area contributed by atoms with Gasteiger partial charge in [-0.25, -0.2) is 4.68 Å². The molecule has 1 atom stereocenters. The van der Waals surface area contributed by atoms with E-state index in [-0.39, 0.29) is 12.1 Å². The molecule has 29 heavy (non-hydrogen) atoms. The Morgan fingerprint density at radius 3 is 2.76 bits per heavy atom. The second-order valence-corrected chi connectivity index (χ2v) is 7.70. The van der Waals surface area contributed by atoms with Gasteiger partial charge in [0.05, 0.1) is 24.2 Å². The monoisotopic (exact) mass is 432 g/mol. The van der Waals surface area contributed by atoms with E-state index in [1.165, 1.54) is 0 Å². The Morgan fingerprint density at radius 2 is 2.00 bits per heavy atom. The van der Waals surface area contributed by atoms with Crippen molar-refractivity contribution < 1.29 is 9.53 Å². The maximum atomic E-state index is 12.7. The summed E-state index contributed by atoms with van der Waals surface area (Å²) in [7, 11) is 1.60.